The molecule has 1 amide bonds. The molecule has 96 valence electrons. The lowest BCUT2D eigenvalue weighted by molar-refractivity contribution is 0.172. The molecular formula is C10H22N2O2S2. The molecule has 16 heavy (non-hydrogen) atoms. The summed E-state index contributed by atoms with van der Waals surface area (Å²) < 4.78 is 4.46. The number of rotatable bonds is 7. The molecule has 0 radical (unpaired) electrons. The van der Waals surface area contributed by atoms with Crippen molar-refractivity contribution in [2.24, 2.45) is 0 Å². The highest BCUT2D eigenvalue weighted by Gasteiger charge is 2.07. The first-order chi connectivity index (χ1) is 7.45. The minimum atomic E-state index is -0.361. The predicted molar refractivity (Wildman–Crippen MR) is 73.1 cm³/mol. The maximum Gasteiger partial charge on any atom is 0.406 e. The summed E-state index contributed by atoms with van der Waals surface area (Å²) in [5.41, 5.74) is 0.192. The smallest absolute Gasteiger partial charge is 0.406 e. The second kappa shape index (κ2) is 9.01. The monoisotopic (exact) mass is 266 g/mol. The van der Waals surface area contributed by atoms with Crippen LogP contribution in [0, 0.1) is 0 Å². The molecule has 0 aliphatic heterocycles. The second-order valence-electron chi connectivity index (χ2n) is 4.24. The van der Waals surface area contributed by atoms with Gasteiger partial charge in [-0.25, -0.2) is 4.79 Å². The molecule has 0 unspecified atom stereocenters. The quantitative estimate of drug-likeness (QED) is 0.546. The molecule has 0 heterocycles. The Bertz CT molecular complexity index is 196. The van der Waals surface area contributed by atoms with Gasteiger partial charge in [0.15, 0.2) is 0 Å². The van der Waals surface area contributed by atoms with Crippen molar-refractivity contribution in [3.05, 3.63) is 0 Å². The zero-order valence-corrected chi connectivity index (χ0v) is 12.1. The minimum absolute atomic E-state index is 0.192. The van der Waals surface area contributed by atoms with Gasteiger partial charge in [-0.1, -0.05) is 21.6 Å². The van der Waals surface area contributed by atoms with Crippen molar-refractivity contribution < 1.29 is 9.53 Å². The third-order valence-corrected chi connectivity index (χ3v) is 3.97. The number of nitrogens with one attached hydrogen (secondary N) is 2. The average molecular weight is 266 g/mol. The third-order valence-electron chi connectivity index (χ3n) is 1.56. The zero-order chi connectivity index (χ0) is 12.4. The van der Waals surface area contributed by atoms with Crippen molar-refractivity contribution in [3.63, 3.8) is 0 Å². The number of amides is 1. The molecule has 0 rings (SSSR count). The van der Waals surface area contributed by atoms with Crippen molar-refractivity contribution >= 4 is 27.7 Å². The summed E-state index contributed by atoms with van der Waals surface area (Å²) in [6.45, 7) is 8.13. The summed E-state index contributed by atoms with van der Waals surface area (Å²) in [6, 6.07) is 0. The summed E-state index contributed by atoms with van der Waals surface area (Å²) in [6.07, 6.45) is -0.361. The number of methoxy groups -OCH3 is 1. The van der Waals surface area contributed by atoms with Crippen molar-refractivity contribution in [3.8, 4) is 0 Å². The van der Waals surface area contributed by atoms with Crippen LogP contribution in [-0.4, -0.2) is 43.3 Å². The molecule has 2 N–H and O–H groups in total. The van der Waals surface area contributed by atoms with E-state index in [1.165, 1.54) is 7.11 Å². The van der Waals surface area contributed by atoms with Crippen molar-refractivity contribution in [1.82, 2.24) is 10.6 Å². The van der Waals surface area contributed by atoms with Crippen LogP contribution in [0.3, 0.4) is 0 Å². The van der Waals surface area contributed by atoms with Crippen LogP contribution in [0.25, 0.3) is 0 Å². The molecule has 0 atom stereocenters. The van der Waals surface area contributed by atoms with Gasteiger partial charge in [0.25, 0.3) is 0 Å². The molecule has 0 aromatic carbocycles. The summed E-state index contributed by atoms with van der Waals surface area (Å²) in [4.78, 5) is 10.7. The molecule has 0 aromatic rings. The SMILES string of the molecule is COC(=O)NCCSSCCNC(C)(C)C. The van der Waals surface area contributed by atoms with E-state index in [9.17, 15) is 4.79 Å². The van der Waals surface area contributed by atoms with Crippen LogP contribution < -0.4 is 10.6 Å². The topological polar surface area (TPSA) is 50.4 Å². The molecule has 0 bridgehead atoms. The van der Waals surface area contributed by atoms with E-state index >= 15 is 0 Å². The highest BCUT2D eigenvalue weighted by atomic mass is 33.1. The molecule has 4 nitrogen and oxygen atoms in total. The fourth-order valence-corrected chi connectivity index (χ4v) is 2.67. The Balaban J connectivity index is 3.13. The van der Waals surface area contributed by atoms with E-state index in [1.54, 1.807) is 10.8 Å². The molecule has 0 fully saturated rings. The molecular weight excluding hydrogens is 244 g/mol. The lowest BCUT2D eigenvalue weighted by atomic mass is 10.1. The highest BCUT2D eigenvalue weighted by Crippen LogP contribution is 2.19. The number of carbonyl (C=O) groups excluding carboxylic acids is 1. The number of ether oxygens (including phenoxy) is 1. The maximum atomic E-state index is 10.7. The number of carbonyl (C=O) groups is 1. The van der Waals surface area contributed by atoms with Gasteiger partial charge in [-0.05, 0) is 20.8 Å². The van der Waals surface area contributed by atoms with Gasteiger partial charge in [0.1, 0.15) is 0 Å². The summed E-state index contributed by atoms with van der Waals surface area (Å²) in [7, 11) is 4.95. The average Bonchev–Trinajstić information content (AvgIpc) is 2.20. The van der Waals surface area contributed by atoms with Crippen LogP contribution in [0.5, 0.6) is 0 Å². The Hall–Kier alpha value is -0.0700. The van der Waals surface area contributed by atoms with Crippen LogP contribution in [0.4, 0.5) is 4.79 Å². The standard InChI is InChI=1S/C10H22N2O2S2/c1-10(2,3)12-6-8-16-15-7-5-11-9(13)14-4/h12H,5-8H2,1-4H3,(H,11,13). The molecule has 6 heteroatoms. The highest BCUT2D eigenvalue weighted by molar-refractivity contribution is 8.76. The van der Waals surface area contributed by atoms with E-state index in [0.717, 1.165) is 18.1 Å². The fourth-order valence-electron chi connectivity index (χ4n) is 0.852. The van der Waals surface area contributed by atoms with Crippen LogP contribution >= 0.6 is 21.6 Å². The van der Waals surface area contributed by atoms with Crippen LogP contribution in [-0.2, 0) is 4.74 Å². The third kappa shape index (κ3) is 12.0. The van der Waals surface area contributed by atoms with E-state index in [-0.39, 0.29) is 11.6 Å². The summed E-state index contributed by atoms with van der Waals surface area (Å²) in [5.74, 6) is 1.97. The first-order valence-electron chi connectivity index (χ1n) is 5.27. The van der Waals surface area contributed by atoms with Gasteiger partial charge in [-0.15, -0.1) is 0 Å². The normalized spacial score (nSPS) is 11.2. The van der Waals surface area contributed by atoms with Gasteiger partial charge in [0.2, 0.25) is 0 Å². The Labute approximate surface area is 106 Å². The zero-order valence-electron chi connectivity index (χ0n) is 10.5. The Morgan fingerprint density at radius 1 is 1.19 bits per heavy atom. The van der Waals surface area contributed by atoms with Gasteiger partial charge in [-0.2, -0.15) is 0 Å². The van der Waals surface area contributed by atoms with E-state index in [0.29, 0.717) is 6.54 Å². The van der Waals surface area contributed by atoms with Gasteiger partial charge < -0.3 is 15.4 Å². The maximum absolute atomic E-state index is 10.7. The second-order valence-corrected chi connectivity index (χ2v) is 6.94. The first kappa shape index (κ1) is 15.9. The fraction of sp³-hybridized carbons (Fsp3) is 0.900. The Kier molecular flexibility index (Phi) is 8.97. The molecule has 0 aliphatic rings. The lowest BCUT2D eigenvalue weighted by Gasteiger charge is -2.19. The van der Waals surface area contributed by atoms with Crippen LogP contribution in [0.1, 0.15) is 20.8 Å². The van der Waals surface area contributed by atoms with Gasteiger partial charge in [0.05, 0.1) is 7.11 Å². The molecule has 0 aromatic heterocycles. The largest absolute Gasteiger partial charge is 0.453 e. The first-order valence-corrected chi connectivity index (χ1v) is 7.76. The van der Waals surface area contributed by atoms with E-state index in [4.69, 9.17) is 0 Å². The Morgan fingerprint density at radius 2 is 1.75 bits per heavy atom. The molecule has 0 saturated heterocycles. The van der Waals surface area contributed by atoms with Crippen molar-refractivity contribution in [2.45, 2.75) is 26.3 Å². The number of hydrogen-bond acceptors (Lipinski definition) is 5. The molecule has 0 spiro atoms. The minimum Gasteiger partial charge on any atom is -0.453 e. The predicted octanol–water partition coefficient (Wildman–Crippen LogP) is 2.11. The number of hydrogen-bond donors (Lipinski definition) is 2. The van der Waals surface area contributed by atoms with E-state index < -0.39 is 0 Å². The summed E-state index contributed by atoms with van der Waals surface area (Å²) >= 11 is 0. The van der Waals surface area contributed by atoms with Crippen molar-refractivity contribution in [2.75, 3.05) is 31.7 Å². The van der Waals surface area contributed by atoms with Crippen LogP contribution in [0.2, 0.25) is 0 Å². The van der Waals surface area contributed by atoms with Gasteiger partial charge >= 0.3 is 6.09 Å². The summed E-state index contributed by atoms with van der Waals surface area (Å²) in [5, 5.41) is 6.05. The van der Waals surface area contributed by atoms with E-state index in [1.807, 2.05) is 10.8 Å². The van der Waals surface area contributed by atoms with Gasteiger partial charge in [0, 0.05) is 30.1 Å². The van der Waals surface area contributed by atoms with Crippen LogP contribution in [0.15, 0.2) is 0 Å². The Morgan fingerprint density at radius 3 is 2.25 bits per heavy atom. The molecule has 0 aliphatic carbocycles. The van der Waals surface area contributed by atoms with Gasteiger partial charge in [-0.3, -0.25) is 0 Å². The van der Waals surface area contributed by atoms with Crippen molar-refractivity contribution in [1.29, 1.82) is 0 Å². The van der Waals surface area contributed by atoms with E-state index in [2.05, 4.69) is 36.1 Å². The lowest BCUT2D eigenvalue weighted by Crippen LogP contribution is -2.37. The number of alkyl carbamates (subject to hydrolysis) is 1. The molecule has 0 saturated carbocycles.